The summed E-state index contributed by atoms with van der Waals surface area (Å²) in [5, 5.41) is 0. The summed E-state index contributed by atoms with van der Waals surface area (Å²) < 4.78 is 31.3. The number of benzene rings is 2. The molecule has 0 atom stereocenters. The number of amides is 2. The van der Waals surface area contributed by atoms with Crippen LogP contribution < -0.4 is 14.2 Å². The molecular weight excluding hydrogens is 449 g/mol. The molecule has 2 amide bonds. The number of hydrogen-bond donors (Lipinski definition) is 0. The zero-order valence-electron chi connectivity index (χ0n) is 20.7. The number of nitrogens with zero attached hydrogens (tertiary/aromatic N) is 1. The molecule has 0 unspecified atom stereocenters. The van der Waals surface area contributed by atoms with Crippen LogP contribution >= 0.6 is 0 Å². The van der Waals surface area contributed by atoms with Crippen molar-refractivity contribution in [2.24, 2.45) is 0 Å². The summed E-state index contributed by atoms with van der Waals surface area (Å²) in [7, 11) is 1.54. The van der Waals surface area contributed by atoms with E-state index < -0.39 is 5.82 Å². The van der Waals surface area contributed by atoms with E-state index in [1.165, 1.54) is 17.0 Å². The highest BCUT2D eigenvalue weighted by atomic mass is 19.1. The Kier molecular flexibility index (Phi) is 9.06. The van der Waals surface area contributed by atoms with Gasteiger partial charge in [-0.3, -0.25) is 14.5 Å². The Morgan fingerprint density at radius 1 is 1.00 bits per heavy atom. The van der Waals surface area contributed by atoms with Gasteiger partial charge in [0.05, 0.1) is 13.7 Å². The van der Waals surface area contributed by atoms with Crippen LogP contribution in [-0.2, 0) is 16.0 Å². The van der Waals surface area contributed by atoms with Gasteiger partial charge < -0.3 is 14.2 Å². The van der Waals surface area contributed by atoms with Gasteiger partial charge in [-0.2, -0.15) is 0 Å². The molecule has 0 N–H and O–H groups in total. The van der Waals surface area contributed by atoms with Gasteiger partial charge in [0.25, 0.3) is 11.8 Å². The lowest BCUT2D eigenvalue weighted by atomic mass is 10.00. The fourth-order valence-electron chi connectivity index (χ4n) is 3.89. The molecule has 6 nitrogen and oxygen atoms in total. The van der Waals surface area contributed by atoms with Gasteiger partial charge in [-0.15, -0.1) is 0 Å². The minimum Gasteiger partial charge on any atom is -0.493 e. The molecule has 0 aromatic heterocycles. The van der Waals surface area contributed by atoms with Crippen molar-refractivity contribution in [3.63, 3.8) is 0 Å². The Bertz CT molecular complexity index is 1140. The molecule has 2 aromatic carbocycles. The summed E-state index contributed by atoms with van der Waals surface area (Å²) >= 11 is 0. The average Bonchev–Trinajstić information content (AvgIpc) is 3.14. The number of hydrogen-bond acceptors (Lipinski definition) is 5. The summed E-state index contributed by atoms with van der Waals surface area (Å²) in [6, 6.07) is 9.89. The van der Waals surface area contributed by atoms with Gasteiger partial charge in [0, 0.05) is 23.8 Å². The topological polar surface area (TPSA) is 65.1 Å². The Hall–Kier alpha value is -3.61. The molecule has 2 aromatic rings. The number of allylic oxidation sites excluding steroid dienone is 1. The standard InChI is InChI=1S/C26H26FNO5.C2H6/c1-3-17-9-11-23(24(15-17)31-2)33-22-12-10-18(16-21(22)27)32-14-6-13-28-25(29)19-7-4-5-8-20(19)26(28)30;1-2/h4,7,9-12,15-16H,3,5-6,8,13-14H2,1-2H3;1-2H3. The van der Waals surface area contributed by atoms with Crippen LogP contribution in [0.5, 0.6) is 23.0 Å². The molecule has 35 heavy (non-hydrogen) atoms. The lowest BCUT2D eigenvalue weighted by molar-refractivity contribution is -0.137. The lowest BCUT2D eigenvalue weighted by Crippen LogP contribution is -2.33. The van der Waals surface area contributed by atoms with Gasteiger partial charge in [0.15, 0.2) is 23.1 Å². The molecule has 0 fully saturated rings. The van der Waals surface area contributed by atoms with Crippen LogP contribution in [0, 0.1) is 5.82 Å². The minimum absolute atomic E-state index is 0.0582. The number of rotatable bonds is 9. The molecule has 1 heterocycles. The minimum atomic E-state index is -0.567. The second kappa shape index (κ2) is 12.2. The number of carbonyl (C=O) groups is 2. The van der Waals surface area contributed by atoms with Gasteiger partial charge in [-0.25, -0.2) is 4.39 Å². The van der Waals surface area contributed by atoms with E-state index in [0.717, 1.165) is 18.4 Å². The average molecular weight is 482 g/mol. The van der Waals surface area contributed by atoms with Crippen LogP contribution in [0.3, 0.4) is 0 Å². The van der Waals surface area contributed by atoms with E-state index in [1.807, 2.05) is 39.0 Å². The normalized spacial score (nSPS) is 14.5. The van der Waals surface area contributed by atoms with Crippen molar-refractivity contribution in [1.29, 1.82) is 0 Å². The predicted octanol–water partition coefficient (Wildman–Crippen LogP) is 6.00. The van der Waals surface area contributed by atoms with Gasteiger partial charge in [-0.1, -0.05) is 39.0 Å². The van der Waals surface area contributed by atoms with Crippen LogP contribution in [-0.4, -0.2) is 37.0 Å². The molecule has 2 aliphatic rings. The second-order valence-electron chi connectivity index (χ2n) is 7.83. The first-order valence-electron chi connectivity index (χ1n) is 12.0. The third-order valence-electron chi connectivity index (χ3n) is 5.70. The fraction of sp³-hybridized carbons (Fsp3) is 0.357. The molecule has 1 aliphatic heterocycles. The maximum Gasteiger partial charge on any atom is 0.261 e. The van der Waals surface area contributed by atoms with E-state index in [2.05, 4.69) is 0 Å². The highest BCUT2D eigenvalue weighted by Crippen LogP contribution is 2.35. The van der Waals surface area contributed by atoms with Crippen LogP contribution in [0.4, 0.5) is 4.39 Å². The first-order chi connectivity index (χ1) is 17.0. The number of ether oxygens (including phenoxy) is 3. The van der Waals surface area contributed by atoms with E-state index >= 15 is 0 Å². The van der Waals surface area contributed by atoms with Crippen molar-refractivity contribution in [2.45, 2.75) is 46.5 Å². The van der Waals surface area contributed by atoms with E-state index in [-0.39, 0.29) is 30.7 Å². The summed E-state index contributed by atoms with van der Waals surface area (Å²) in [6.07, 6.45) is 6.32. The Morgan fingerprint density at radius 2 is 1.77 bits per heavy atom. The quantitative estimate of drug-likeness (QED) is 0.325. The molecule has 1 aliphatic carbocycles. The molecule has 0 bridgehead atoms. The number of aryl methyl sites for hydroxylation is 1. The number of carbonyl (C=O) groups excluding carboxylic acids is 2. The highest BCUT2D eigenvalue weighted by Gasteiger charge is 2.36. The molecule has 0 spiro atoms. The zero-order chi connectivity index (χ0) is 25.4. The van der Waals surface area contributed by atoms with Crippen molar-refractivity contribution in [2.75, 3.05) is 20.3 Å². The van der Waals surface area contributed by atoms with Crippen LogP contribution in [0.25, 0.3) is 0 Å². The largest absolute Gasteiger partial charge is 0.493 e. The third kappa shape index (κ3) is 5.91. The lowest BCUT2D eigenvalue weighted by Gasteiger charge is -2.15. The second-order valence-corrected chi connectivity index (χ2v) is 7.83. The Morgan fingerprint density at radius 3 is 2.46 bits per heavy atom. The van der Waals surface area contributed by atoms with Crippen LogP contribution in [0.15, 0.2) is 59.7 Å². The Labute approximate surface area is 206 Å². The van der Waals surface area contributed by atoms with E-state index in [4.69, 9.17) is 14.2 Å². The smallest absolute Gasteiger partial charge is 0.261 e. The van der Waals surface area contributed by atoms with Gasteiger partial charge in [0.2, 0.25) is 0 Å². The first-order valence-corrected chi connectivity index (χ1v) is 12.0. The van der Waals surface area contributed by atoms with Gasteiger partial charge >= 0.3 is 0 Å². The van der Waals surface area contributed by atoms with E-state index in [9.17, 15) is 14.0 Å². The summed E-state index contributed by atoms with van der Waals surface area (Å²) in [4.78, 5) is 26.1. The molecule has 186 valence electrons. The molecule has 4 rings (SSSR count). The maximum atomic E-state index is 14.6. The Balaban J connectivity index is 0.00000167. The van der Waals surface area contributed by atoms with Crippen molar-refractivity contribution < 1.29 is 28.2 Å². The number of methoxy groups -OCH3 is 1. The monoisotopic (exact) mass is 481 g/mol. The highest BCUT2D eigenvalue weighted by molar-refractivity contribution is 6.20. The predicted molar refractivity (Wildman–Crippen MR) is 132 cm³/mol. The van der Waals surface area contributed by atoms with Crippen molar-refractivity contribution in [3.05, 3.63) is 71.1 Å². The summed E-state index contributed by atoms with van der Waals surface area (Å²) in [6.45, 7) is 6.54. The fourth-order valence-corrected chi connectivity index (χ4v) is 3.89. The SMILES string of the molecule is CC.CCc1ccc(Oc2ccc(OCCCN3C(=O)C4=C(CCC=C4)C3=O)cc2F)c(OC)c1. The molecule has 0 saturated carbocycles. The molecule has 0 radical (unpaired) electrons. The number of halogens is 1. The molecule has 0 saturated heterocycles. The van der Waals surface area contributed by atoms with Crippen molar-refractivity contribution >= 4 is 11.8 Å². The third-order valence-corrected chi connectivity index (χ3v) is 5.70. The zero-order valence-corrected chi connectivity index (χ0v) is 20.7. The van der Waals surface area contributed by atoms with Crippen molar-refractivity contribution in [1.82, 2.24) is 4.90 Å². The number of imide groups is 1. The molecule has 7 heteroatoms. The van der Waals surface area contributed by atoms with E-state index in [1.54, 1.807) is 25.3 Å². The van der Waals surface area contributed by atoms with Crippen LogP contribution in [0.2, 0.25) is 0 Å². The summed E-state index contributed by atoms with van der Waals surface area (Å²) in [5.41, 5.74) is 2.20. The maximum absolute atomic E-state index is 14.6. The van der Waals surface area contributed by atoms with Gasteiger partial charge in [-0.05, 0) is 55.5 Å². The first kappa shape index (κ1) is 26.0. The van der Waals surface area contributed by atoms with Crippen LogP contribution in [0.1, 0.15) is 45.6 Å². The summed E-state index contributed by atoms with van der Waals surface area (Å²) in [5.74, 6) is 0.327. The van der Waals surface area contributed by atoms with Crippen molar-refractivity contribution in [3.8, 4) is 23.0 Å². The van der Waals surface area contributed by atoms with Gasteiger partial charge in [0.1, 0.15) is 5.75 Å². The molecular formula is C28H32FNO5. The van der Waals surface area contributed by atoms with E-state index in [0.29, 0.717) is 41.2 Å².